The monoisotopic (exact) mass is 227 g/mol. The van der Waals surface area contributed by atoms with Crippen LogP contribution in [0.2, 0.25) is 5.02 Å². The summed E-state index contributed by atoms with van der Waals surface area (Å²) in [4.78, 5) is 0. The average molecular weight is 228 g/mol. The van der Waals surface area contributed by atoms with Gasteiger partial charge in [-0.1, -0.05) is 17.7 Å². The Balaban J connectivity index is 2.56. The van der Waals surface area contributed by atoms with Gasteiger partial charge in [-0.15, -0.1) is 0 Å². The quantitative estimate of drug-likeness (QED) is 0.835. The van der Waals surface area contributed by atoms with Gasteiger partial charge >= 0.3 is 0 Å². The SMILES string of the molecule is CNCCC(C)Oc1ccc(C)cc1Cl. The van der Waals surface area contributed by atoms with Gasteiger partial charge in [0.05, 0.1) is 11.1 Å². The maximum absolute atomic E-state index is 6.07. The Hall–Kier alpha value is -0.730. The van der Waals surface area contributed by atoms with E-state index in [1.807, 2.05) is 39.1 Å². The Bertz CT molecular complexity index is 314. The molecule has 0 saturated carbocycles. The van der Waals surface area contributed by atoms with E-state index in [0.717, 1.165) is 24.3 Å². The fourth-order valence-corrected chi connectivity index (χ4v) is 1.60. The van der Waals surface area contributed by atoms with Crippen molar-refractivity contribution in [3.63, 3.8) is 0 Å². The van der Waals surface area contributed by atoms with Crippen LogP contribution in [0.5, 0.6) is 5.75 Å². The number of ether oxygens (including phenoxy) is 1. The molecule has 0 radical (unpaired) electrons. The number of hydrogen-bond donors (Lipinski definition) is 1. The largest absolute Gasteiger partial charge is 0.489 e. The normalized spacial score (nSPS) is 12.5. The minimum atomic E-state index is 0.178. The number of hydrogen-bond acceptors (Lipinski definition) is 2. The van der Waals surface area contributed by atoms with Gasteiger partial charge in [0.25, 0.3) is 0 Å². The molecule has 1 aromatic carbocycles. The first-order valence-corrected chi connectivity index (χ1v) is 5.58. The van der Waals surface area contributed by atoms with E-state index in [0.29, 0.717) is 5.02 Å². The van der Waals surface area contributed by atoms with E-state index >= 15 is 0 Å². The smallest absolute Gasteiger partial charge is 0.138 e. The summed E-state index contributed by atoms with van der Waals surface area (Å²) < 4.78 is 5.73. The van der Waals surface area contributed by atoms with Crippen molar-refractivity contribution < 1.29 is 4.74 Å². The van der Waals surface area contributed by atoms with Crippen molar-refractivity contribution in [2.24, 2.45) is 0 Å². The molecule has 0 aliphatic rings. The van der Waals surface area contributed by atoms with Crippen LogP contribution in [0, 0.1) is 6.92 Å². The van der Waals surface area contributed by atoms with E-state index < -0.39 is 0 Å². The maximum atomic E-state index is 6.07. The van der Waals surface area contributed by atoms with E-state index in [2.05, 4.69) is 5.32 Å². The highest BCUT2D eigenvalue weighted by atomic mass is 35.5. The van der Waals surface area contributed by atoms with Crippen molar-refractivity contribution >= 4 is 11.6 Å². The van der Waals surface area contributed by atoms with E-state index in [1.54, 1.807) is 0 Å². The van der Waals surface area contributed by atoms with Gasteiger partial charge in [-0.25, -0.2) is 0 Å². The van der Waals surface area contributed by atoms with E-state index in [-0.39, 0.29) is 6.10 Å². The summed E-state index contributed by atoms with van der Waals surface area (Å²) in [5, 5.41) is 3.78. The lowest BCUT2D eigenvalue weighted by atomic mass is 10.2. The molecule has 1 atom stereocenters. The third kappa shape index (κ3) is 4.10. The Morgan fingerprint density at radius 2 is 2.20 bits per heavy atom. The molecule has 15 heavy (non-hydrogen) atoms. The van der Waals surface area contributed by atoms with Crippen molar-refractivity contribution in [3.8, 4) is 5.75 Å². The van der Waals surface area contributed by atoms with Gasteiger partial charge in [0, 0.05) is 0 Å². The second-order valence-corrected chi connectivity index (χ2v) is 4.16. The topological polar surface area (TPSA) is 21.3 Å². The molecule has 1 N–H and O–H groups in total. The Morgan fingerprint density at radius 3 is 2.80 bits per heavy atom. The molecule has 0 fully saturated rings. The number of benzene rings is 1. The second-order valence-electron chi connectivity index (χ2n) is 3.75. The van der Waals surface area contributed by atoms with Crippen molar-refractivity contribution in [3.05, 3.63) is 28.8 Å². The molecule has 2 nitrogen and oxygen atoms in total. The van der Waals surface area contributed by atoms with Gasteiger partial charge in [-0.3, -0.25) is 0 Å². The van der Waals surface area contributed by atoms with Crippen LogP contribution in [0.1, 0.15) is 18.9 Å². The molecule has 0 spiro atoms. The van der Waals surface area contributed by atoms with E-state index in [4.69, 9.17) is 16.3 Å². The summed E-state index contributed by atoms with van der Waals surface area (Å²) in [5.41, 5.74) is 1.15. The molecular weight excluding hydrogens is 210 g/mol. The van der Waals surface area contributed by atoms with Crippen LogP contribution in [0.15, 0.2) is 18.2 Å². The van der Waals surface area contributed by atoms with Crippen molar-refractivity contribution in [2.75, 3.05) is 13.6 Å². The van der Waals surface area contributed by atoms with Crippen LogP contribution < -0.4 is 10.1 Å². The lowest BCUT2D eigenvalue weighted by Crippen LogP contribution is -2.19. The molecule has 3 heteroatoms. The Kier molecular flexibility index (Phi) is 4.92. The zero-order valence-electron chi connectivity index (χ0n) is 9.51. The zero-order valence-corrected chi connectivity index (χ0v) is 10.3. The van der Waals surface area contributed by atoms with Crippen LogP contribution in [-0.2, 0) is 0 Å². The second kappa shape index (κ2) is 5.99. The first kappa shape index (κ1) is 12.3. The lowest BCUT2D eigenvalue weighted by molar-refractivity contribution is 0.211. The molecule has 0 heterocycles. The summed E-state index contributed by atoms with van der Waals surface area (Å²) in [7, 11) is 1.94. The summed E-state index contributed by atoms with van der Waals surface area (Å²) in [6.45, 7) is 5.01. The molecule has 0 aliphatic carbocycles. The van der Waals surface area contributed by atoms with Crippen molar-refractivity contribution in [1.29, 1.82) is 0 Å². The first-order chi connectivity index (χ1) is 7.13. The molecule has 0 aliphatic heterocycles. The fourth-order valence-electron chi connectivity index (χ4n) is 1.32. The summed E-state index contributed by atoms with van der Waals surface area (Å²) >= 11 is 6.07. The van der Waals surface area contributed by atoms with Gasteiger partial charge in [0.1, 0.15) is 5.75 Å². The minimum Gasteiger partial charge on any atom is -0.489 e. The number of aryl methyl sites for hydroxylation is 1. The molecule has 0 aromatic heterocycles. The maximum Gasteiger partial charge on any atom is 0.138 e. The van der Waals surface area contributed by atoms with Gasteiger partial charge in [0.15, 0.2) is 0 Å². The van der Waals surface area contributed by atoms with Crippen LogP contribution in [-0.4, -0.2) is 19.7 Å². The van der Waals surface area contributed by atoms with E-state index in [1.165, 1.54) is 0 Å². The highest BCUT2D eigenvalue weighted by Crippen LogP contribution is 2.26. The van der Waals surface area contributed by atoms with Crippen molar-refractivity contribution in [1.82, 2.24) is 5.32 Å². The third-order valence-electron chi connectivity index (χ3n) is 2.22. The molecule has 0 bridgehead atoms. The summed E-state index contributed by atoms with van der Waals surface area (Å²) in [6, 6.07) is 5.85. The summed E-state index contributed by atoms with van der Waals surface area (Å²) in [6.07, 6.45) is 1.15. The highest BCUT2D eigenvalue weighted by molar-refractivity contribution is 6.32. The van der Waals surface area contributed by atoms with Gasteiger partial charge < -0.3 is 10.1 Å². The predicted octanol–water partition coefficient (Wildman–Crippen LogP) is 3.03. The molecule has 1 rings (SSSR count). The molecule has 1 aromatic rings. The van der Waals surface area contributed by atoms with Crippen LogP contribution in [0.3, 0.4) is 0 Å². The highest BCUT2D eigenvalue weighted by Gasteiger charge is 2.06. The van der Waals surface area contributed by atoms with Gasteiger partial charge in [0.2, 0.25) is 0 Å². The minimum absolute atomic E-state index is 0.178. The fraction of sp³-hybridized carbons (Fsp3) is 0.500. The molecular formula is C12H18ClNO. The van der Waals surface area contributed by atoms with Crippen LogP contribution in [0.4, 0.5) is 0 Å². The molecule has 0 saturated heterocycles. The van der Waals surface area contributed by atoms with Crippen molar-refractivity contribution in [2.45, 2.75) is 26.4 Å². The van der Waals surface area contributed by atoms with Gasteiger partial charge in [-0.05, 0) is 51.6 Å². The number of nitrogens with one attached hydrogen (secondary N) is 1. The van der Waals surface area contributed by atoms with E-state index in [9.17, 15) is 0 Å². The zero-order chi connectivity index (χ0) is 11.3. The third-order valence-corrected chi connectivity index (χ3v) is 2.51. The van der Waals surface area contributed by atoms with Gasteiger partial charge in [-0.2, -0.15) is 0 Å². The molecule has 0 amide bonds. The first-order valence-electron chi connectivity index (χ1n) is 5.21. The number of rotatable bonds is 5. The number of halogens is 1. The molecule has 1 unspecified atom stereocenters. The van der Waals surface area contributed by atoms with Crippen LogP contribution in [0.25, 0.3) is 0 Å². The molecule has 84 valence electrons. The average Bonchev–Trinajstić information content (AvgIpc) is 2.19. The van der Waals surface area contributed by atoms with Crippen LogP contribution >= 0.6 is 11.6 Å². The summed E-state index contributed by atoms with van der Waals surface area (Å²) in [5.74, 6) is 0.769. The standard InChI is InChI=1S/C12H18ClNO/c1-9-4-5-12(11(13)8-9)15-10(2)6-7-14-3/h4-5,8,10,14H,6-7H2,1-3H3. The Labute approximate surface area is 96.6 Å². The lowest BCUT2D eigenvalue weighted by Gasteiger charge is -2.15. The Morgan fingerprint density at radius 1 is 1.47 bits per heavy atom. The predicted molar refractivity (Wildman–Crippen MR) is 64.8 cm³/mol.